The van der Waals surface area contributed by atoms with Crippen molar-refractivity contribution in [2.75, 3.05) is 11.9 Å². The molecule has 1 aromatic carbocycles. The Labute approximate surface area is 123 Å². The average Bonchev–Trinajstić information content (AvgIpc) is 2.82. The van der Waals surface area contributed by atoms with Crippen LogP contribution in [-0.4, -0.2) is 23.6 Å². The fourth-order valence-corrected chi connectivity index (χ4v) is 1.67. The highest BCUT2D eigenvalue weighted by Gasteiger charge is 2.11. The average molecular weight is 339 g/mol. The summed E-state index contributed by atoms with van der Waals surface area (Å²) >= 11 is 3.26. The number of rotatable bonds is 4. The minimum Gasteiger partial charge on any atom is -0.452 e. The molecule has 0 unspecified atom stereocenters. The van der Waals surface area contributed by atoms with Crippen LogP contribution in [0.4, 0.5) is 5.82 Å². The lowest BCUT2D eigenvalue weighted by atomic mass is 10.2. The lowest BCUT2D eigenvalue weighted by molar-refractivity contribution is -0.119. The maximum atomic E-state index is 11.7. The lowest BCUT2D eigenvalue weighted by Gasteiger charge is -2.04. The zero-order valence-corrected chi connectivity index (χ0v) is 12.1. The molecule has 0 atom stereocenters. The molecule has 0 saturated carbocycles. The van der Waals surface area contributed by atoms with Crippen LogP contribution in [-0.2, 0) is 9.53 Å². The van der Waals surface area contributed by atoms with E-state index in [0.29, 0.717) is 11.3 Å². The van der Waals surface area contributed by atoms with Crippen LogP contribution in [0.25, 0.3) is 0 Å². The summed E-state index contributed by atoms with van der Waals surface area (Å²) in [5.74, 6) is -0.188. The molecule has 0 saturated heterocycles. The van der Waals surface area contributed by atoms with Crippen molar-refractivity contribution in [1.29, 1.82) is 0 Å². The molecule has 1 N–H and O–H groups in total. The number of hydrogen-bond donors (Lipinski definition) is 1. The molecule has 1 amide bonds. The molecule has 6 nitrogen and oxygen atoms in total. The Morgan fingerprint density at radius 1 is 1.35 bits per heavy atom. The van der Waals surface area contributed by atoms with Gasteiger partial charge in [0.1, 0.15) is 5.76 Å². The fraction of sp³-hybridized carbons (Fsp3) is 0.154. The predicted molar refractivity (Wildman–Crippen MR) is 74.3 cm³/mol. The molecule has 0 aliphatic rings. The van der Waals surface area contributed by atoms with Crippen LogP contribution in [0.15, 0.2) is 39.3 Å². The Hall–Kier alpha value is -2.15. The minimum absolute atomic E-state index is 0.284. The van der Waals surface area contributed by atoms with E-state index in [2.05, 4.69) is 26.4 Å². The fourth-order valence-electron chi connectivity index (χ4n) is 1.40. The van der Waals surface area contributed by atoms with Gasteiger partial charge in [-0.25, -0.2) is 4.79 Å². The third-order valence-electron chi connectivity index (χ3n) is 2.31. The van der Waals surface area contributed by atoms with Crippen molar-refractivity contribution in [1.82, 2.24) is 5.16 Å². The van der Waals surface area contributed by atoms with E-state index in [0.717, 1.165) is 4.47 Å². The molecule has 2 aromatic rings. The van der Waals surface area contributed by atoms with Crippen LogP contribution in [0.1, 0.15) is 16.1 Å². The quantitative estimate of drug-likeness (QED) is 0.866. The molecular formula is C13H11BrN2O4. The number of amides is 1. The standard InChI is InChI=1S/C13H11BrN2O4/c1-8-6-11(16-20-8)15-12(17)7-19-13(18)9-2-4-10(14)5-3-9/h2-6H,7H2,1H3,(H,15,16,17). The number of halogens is 1. The van der Waals surface area contributed by atoms with Crippen molar-refractivity contribution >= 4 is 33.6 Å². The molecule has 0 radical (unpaired) electrons. The van der Waals surface area contributed by atoms with Crippen molar-refractivity contribution in [3.8, 4) is 0 Å². The van der Waals surface area contributed by atoms with Crippen LogP contribution >= 0.6 is 15.9 Å². The summed E-state index contributed by atoms with van der Waals surface area (Å²) in [6.45, 7) is 1.32. The van der Waals surface area contributed by atoms with Gasteiger partial charge in [-0.05, 0) is 31.2 Å². The first kappa shape index (κ1) is 14.3. The highest BCUT2D eigenvalue weighted by molar-refractivity contribution is 9.10. The van der Waals surface area contributed by atoms with Gasteiger partial charge in [0.25, 0.3) is 5.91 Å². The number of carbonyl (C=O) groups is 2. The SMILES string of the molecule is Cc1cc(NC(=O)COC(=O)c2ccc(Br)cc2)no1. The molecule has 1 heterocycles. The first-order valence-corrected chi connectivity index (χ1v) is 6.50. The highest BCUT2D eigenvalue weighted by Crippen LogP contribution is 2.11. The minimum atomic E-state index is -0.566. The van der Waals surface area contributed by atoms with E-state index in [4.69, 9.17) is 9.26 Å². The molecule has 2 rings (SSSR count). The molecule has 0 fully saturated rings. The van der Waals surface area contributed by atoms with Crippen molar-refractivity contribution < 1.29 is 18.8 Å². The second-order valence-corrected chi connectivity index (χ2v) is 4.87. The van der Waals surface area contributed by atoms with E-state index in [9.17, 15) is 9.59 Å². The van der Waals surface area contributed by atoms with Crippen molar-refractivity contribution in [2.45, 2.75) is 6.92 Å². The Morgan fingerprint density at radius 3 is 2.65 bits per heavy atom. The molecule has 0 spiro atoms. The molecule has 104 valence electrons. The number of nitrogens with zero attached hydrogens (tertiary/aromatic N) is 1. The second kappa shape index (κ2) is 6.33. The van der Waals surface area contributed by atoms with Gasteiger partial charge in [-0.2, -0.15) is 0 Å². The third kappa shape index (κ3) is 3.92. The summed E-state index contributed by atoms with van der Waals surface area (Å²) in [7, 11) is 0. The number of aryl methyl sites for hydroxylation is 1. The van der Waals surface area contributed by atoms with E-state index < -0.39 is 11.9 Å². The maximum Gasteiger partial charge on any atom is 0.338 e. The number of esters is 1. The van der Waals surface area contributed by atoms with Gasteiger partial charge in [0, 0.05) is 10.5 Å². The predicted octanol–water partition coefficient (Wildman–Crippen LogP) is 2.54. The molecule has 20 heavy (non-hydrogen) atoms. The number of aromatic nitrogens is 1. The summed E-state index contributed by atoms with van der Waals surface area (Å²) < 4.78 is 10.5. The molecular weight excluding hydrogens is 328 g/mol. The van der Waals surface area contributed by atoms with Gasteiger partial charge in [-0.3, -0.25) is 4.79 Å². The van der Waals surface area contributed by atoms with Gasteiger partial charge < -0.3 is 14.6 Å². The Kier molecular flexibility index (Phi) is 4.52. The van der Waals surface area contributed by atoms with E-state index in [1.54, 1.807) is 37.3 Å². The van der Waals surface area contributed by atoms with E-state index >= 15 is 0 Å². The monoisotopic (exact) mass is 338 g/mol. The Bertz CT molecular complexity index is 622. The normalized spacial score (nSPS) is 10.1. The van der Waals surface area contributed by atoms with Gasteiger partial charge in [0.2, 0.25) is 0 Å². The summed E-state index contributed by atoms with van der Waals surface area (Å²) in [4.78, 5) is 23.2. The van der Waals surface area contributed by atoms with E-state index in [-0.39, 0.29) is 12.4 Å². The maximum absolute atomic E-state index is 11.7. The van der Waals surface area contributed by atoms with Gasteiger partial charge >= 0.3 is 5.97 Å². The Balaban J connectivity index is 1.84. The topological polar surface area (TPSA) is 81.4 Å². The number of benzene rings is 1. The number of carbonyl (C=O) groups excluding carboxylic acids is 2. The second-order valence-electron chi connectivity index (χ2n) is 3.95. The molecule has 0 aliphatic carbocycles. The van der Waals surface area contributed by atoms with Gasteiger partial charge in [0.05, 0.1) is 5.56 Å². The van der Waals surface area contributed by atoms with Gasteiger partial charge in [0.15, 0.2) is 12.4 Å². The number of nitrogens with one attached hydrogen (secondary N) is 1. The van der Waals surface area contributed by atoms with Crippen LogP contribution in [0.3, 0.4) is 0 Å². The van der Waals surface area contributed by atoms with E-state index in [1.165, 1.54) is 0 Å². The summed E-state index contributed by atoms with van der Waals surface area (Å²) in [5.41, 5.74) is 0.373. The first-order chi connectivity index (χ1) is 9.54. The van der Waals surface area contributed by atoms with Crippen LogP contribution in [0.2, 0.25) is 0 Å². The largest absolute Gasteiger partial charge is 0.452 e. The number of hydrogen-bond acceptors (Lipinski definition) is 5. The summed E-state index contributed by atoms with van der Waals surface area (Å²) in [6.07, 6.45) is 0. The van der Waals surface area contributed by atoms with Crippen LogP contribution in [0.5, 0.6) is 0 Å². The smallest absolute Gasteiger partial charge is 0.338 e. The first-order valence-electron chi connectivity index (χ1n) is 5.70. The zero-order chi connectivity index (χ0) is 14.5. The Morgan fingerprint density at radius 2 is 2.05 bits per heavy atom. The molecule has 0 aliphatic heterocycles. The van der Waals surface area contributed by atoms with Crippen LogP contribution in [0, 0.1) is 6.92 Å². The molecule has 1 aromatic heterocycles. The third-order valence-corrected chi connectivity index (χ3v) is 2.84. The van der Waals surface area contributed by atoms with Gasteiger partial charge in [-0.1, -0.05) is 21.1 Å². The number of anilines is 1. The van der Waals surface area contributed by atoms with Crippen LogP contribution < -0.4 is 5.32 Å². The van der Waals surface area contributed by atoms with Crippen molar-refractivity contribution in [3.05, 3.63) is 46.1 Å². The highest BCUT2D eigenvalue weighted by atomic mass is 79.9. The van der Waals surface area contributed by atoms with Gasteiger partial charge in [-0.15, -0.1) is 0 Å². The molecule has 7 heteroatoms. The zero-order valence-electron chi connectivity index (χ0n) is 10.6. The number of ether oxygens (including phenoxy) is 1. The van der Waals surface area contributed by atoms with Crippen molar-refractivity contribution in [3.63, 3.8) is 0 Å². The lowest BCUT2D eigenvalue weighted by Crippen LogP contribution is -2.21. The molecule has 0 bridgehead atoms. The summed E-state index contributed by atoms with van der Waals surface area (Å²) in [6, 6.07) is 8.20. The van der Waals surface area contributed by atoms with E-state index in [1.807, 2.05) is 0 Å². The summed E-state index contributed by atoms with van der Waals surface area (Å²) in [5, 5.41) is 6.05. The van der Waals surface area contributed by atoms with Crippen molar-refractivity contribution in [2.24, 2.45) is 0 Å².